The number of likely N-dealkylation sites (tertiary alicyclic amines) is 1. The van der Waals surface area contributed by atoms with Crippen molar-refractivity contribution in [3.63, 3.8) is 0 Å². The third kappa shape index (κ3) is 3.68. The Morgan fingerprint density at radius 2 is 2.05 bits per heavy atom. The number of nitrogens with one attached hydrogen (secondary N) is 1. The number of pyridine rings is 1. The average molecular weight is 529 g/mol. The van der Waals surface area contributed by atoms with E-state index in [2.05, 4.69) is 26.7 Å². The van der Waals surface area contributed by atoms with Gasteiger partial charge in [0, 0.05) is 48.4 Å². The molecule has 1 aliphatic carbocycles. The molecule has 3 aromatic rings. The number of amides is 2. The number of piperidine rings is 1. The van der Waals surface area contributed by atoms with E-state index in [9.17, 15) is 14.9 Å². The molecule has 4 aliphatic rings. The predicted octanol–water partition coefficient (Wildman–Crippen LogP) is 2.24. The lowest BCUT2D eigenvalue weighted by molar-refractivity contribution is -0.132. The van der Waals surface area contributed by atoms with Crippen molar-refractivity contribution in [2.24, 2.45) is 11.8 Å². The minimum absolute atomic E-state index is 0.0591. The number of nitriles is 1. The van der Waals surface area contributed by atoms with E-state index in [0.717, 1.165) is 19.4 Å². The fourth-order valence-corrected chi connectivity index (χ4v) is 6.40. The lowest BCUT2D eigenvalue weighted by Gasteiger charge is -2.25. The maximum atomic E-state index is 15.2. The van der Waals surface area contributed by atoms with Gasteiger partial charge in [-0.2, -0.15) is 5.26 Å². The van der Waals surface area contributed by atoms with Crippen LogP contribution in [0.15, 0.2) is 48.9 Å². The van der Waals surface area contributed by atoms with Crippen molar-refractivity contribution in [2.45, 2.75) is 30.5 Å². The van der Waals surface area contributed by atoms with Crippen molar-refractivity contribution in [3.05, 3.63) is 60.4 Å². The molecule has 0 bridgehead atoms. The SMILES string of the molecule is N#C[C@]1(c2ccc(-c3ccc(N4CC(n5ccnn5)OC4=O)cc3F)cn2)[C@@H]2CN(C(=O)[C@@H]3CCCN3)C[C@@H]21. The van der Waals surface area contributed by atoms with E-state index in [1.165, 1.54) is 21.8 Å². The van der Waals surface area contributed by atoms with Crippen LogP contribution in [-0.2, 0) is 14.9 Å². The summed E-state index contributed by atoms with van der Waals surface area (Å²) in [5.41, 5.74) is 1.22. The minimum Gasteiger partial charge on any atom is -0.421 e. The van der Waals surface area contributed by atoms with E-state index in [1.807, 2.05) is 4.90 Å². The zero-order valence-electron chi connectivity index (χ0n) is 20.9. The molecule has 1 unspecified atom stereocenters. The molecule has 7 rings (SSSR count). The molecule has 12 heteroatoms. The molecule has 0 radical (unpaired) electrons. The van der Waals surface area contributed by atoms with Gasteiger partial charge >= 0.3 is 6.09 Å². The van der Waals surface area contributed by atoms with Gasteiger partial charge in [0.1, 0.15) is 11.2 Å². The Labute approximate surface area is 223 Å². The zero-order chi connectivity index (χ0) is 26.7. The van der Waals surface area contributed by atoms with Crippen LogP contribution in [0.4, 0.5) is 14.9 Å². The number of cyclic esters (lactones) is 1. The number of carbonyl (C=O) groups is 2. The first-order chi connectivity index (χ1) is 19.0. The van der Waals surface area contributed by atoms with Gasteiger partial charge < -0.3 is 15.0 Å². The molecule has 5 heterocycles. The highest BCUT2D eigenvalue weighted by atomic mass is 19.1. The van der Waals surface area contributed by atoms with E-state index in [4.69, 9.17) is 4.74 Å². The van der Waals surface area contributed by atoms with Crippen molar-refractivity contribution >= 4 is 17.7 Å². The highest BCUT2D eigenvalue weighted by Gasteiger charge is 2.71. The lowest BCUT2D eigenvalue weighted by atomic mass is 9.95. The quantitative estimate of drug-likeness (QED) is 0.534. The number of carbonyl (C=O) groups excluding carboxylic acids is 2. The van der Waals surface area contributed by atoms with E-state index in [-0.39, 0.29) is 30.3 Å². The van der Waals surface area contributed by atoms with E-state index < -0.39 is 23.6 Å². The second kappa shape index (κ2) is 8.84. The molecule has 0 spiro atoms. The summed E-state index contributed by atoms with van der Waals surface area (Å²) in [6.07, 6.45) is 5.30. The summed E-state index contributed by atoms with van der Waals surface area (Å²) < 4.78 is 22.0. The van der Waals surface area contributed by atoms with E-state index in [0.29, 0.717) is 35.6 Å². The van der Waals surface area contributed by atoms with Crippen LogP contribution in [0.2, 0.25) is 0 Å². The normalized spacial score (nSPS) is 29.3. The fourth-order valence-electron chi connectivity index (χ4n) is 6.40. The molecule has 11 nitrogen and oxygen atoms in total. The number of aromatic nitrogens is 4. The number of rotatable bonds is 5. The van der Waals surface area contributed by atoms with Crippen LogP contribution in [0.25, 0.3) is 11.1 Å². The predicted molar refractivity (Wildman–Crippen MR) is 134 cm³/mol. The van der Waals surface area contributed by atoms with E-state index >= 15 is 4.39 Å². The average Bonchev–Trinajstić information content (AvgIpc) is 3.64. The molecule has 3 saturated heterocycles. The summed E-state index contributed by atoms with van der Waals surface area (Å²) in [5.74, 6) is -0.260. The van der Waals surface area contributed by atoms with Gasteiger partial charge in [0.05, 0.1) is 36.2 Å². The van der Waals surface area contributed by atoms with Crippen molar-refractivity contribution in [1.82, 2.24) is 30.2 Å². The fraction of sp³-hybridized carbons (Fsp3) is 0.407. The van der Waals surface area contributed by atoms with Gasteiger partial charge in [0.15, 0.2) is 0 Å². The zero-order valence-corrected chi connectivity index (χ0v) is 20.9. The molecular weight excluding hydrogens is 503 g/mol. The maximum absolute atomic E-state index is 15.2. The molecule has 4 fully saturated rings. The highest BCUT2D eigenvalue weighted by molar-refractivity contribution is 5.90. The first-order valence-electron chi connectivity index (χ1n) is 13.0. The second-order valence-corrected chi connectivity index (χ2v) is 10.5. The van der Waals surface area contributed by atoms with Crippen molar-refractivity contribution < 1.29 is 18.7 Å². The van der Waals surface area contributed by atoms with Crippen LogP contribution in [-0.4, -0.2) is 69.1 Å². The number of benzene rings is 1. The third-order valence-corrected chi connectivity index (χ3v) is 8.53. The van der Waals surface area contributed by atoms with Crippen LogP contribution in [0.3, 0.4) is 0 Å². The van der Waals surface area contributed by atoms with Crippen molar-refractivity contribution in [2.75, 3.05) is 31.1 Å². The number of anilines is 1. The monoisotopic (exact) mass is 528 g/mol. The Bertz CT molecular complexity index is 1470. The lowest BCUT2D eigenvalue weighted by Crippen LogP contribution is -2.44. The summed E-state index contributed by atoms with van der Waals surface area (Å²) in [5, 5.41) is 20.9. The number of halogens is 1. The van der Waals surface area contributed by atoms with Crippen LogP contribution >= 0.6 is 0 Å². The first kappa shape index (κ1) is 23.7. The molecule has 5 atom stereocenters. The standard InChI is InChI=1S/C27H25FN8O3/c28-21-10-17(35-14-24(39-26(35)38)36-9-8-32-33-36)4-5-18(21)16-3-6-23(31-11-16)27(15-29)19-12-34(13-20(19)27)25(37)22-2-1-7-30-22/h3-6,8-11,19-20,22,24,30H,1-2,7,12-14H2/t19-,20+,22-,24?,27+/m0/s1. The van der Waals surface area contributed by atoms with Gasteiger partial charge in [-0.3, -0.25) is 14.7 Å². The first-order valence-corrected chi connectivity index (χ1v) is 13.0. The summed E-state index contributed by atoms with van der Waals surface area (Å²) in [6.45, 7) is 2.17. The largest absolute Gasteiger partial charge is 0.421 e. The highest BCUT2D eigenvalue weighted by Crippen LogP contribution is 2.62. The molecule has 1 N–H and O–H groups in total. The Morgan fingerprint density at radius 3 is 2.69 bits per heavy atom. The number of nitrogens with zero attached hydrogens (tertiary/aromatic N) is 7. The molecule has 2 aromatic heterocycles. The molecule has 1 saturated carbocycles. The molecule has 198 valence electrons. The summed E-state index contributed by atoms with van der Waals surface area (Å²) in [4.78, 5) is 33.0. The Morgan fingerprint density at radius 1 is 1.21 bits per heavy atom. The molecule has 3 aliphatic heterocycles. The van der Waals surface area contributed by atoms with Gasteiger partial charge in [-0.25, -0.2) is 13.9 Å². The third-order valence-electron chi connectivity index (χ3n) is 8.53. The number of hydrogen-bond acceptors (Lipinski definition) is 8. The van der Waals surface area contributed by atoms with Crippen molar-refractivity contribution in [3.8, 4) is 17.2 Å². The van der Waals surface area contributed by atoms with E-state index in [1.54, 1.807) is 36.7 Å². The van der Waals surface area contributed by atoms with Gasteiger partial charge in [-0.1, -0.05) is 11.3 Å². The van der Waals surface area contributed by atoms with Crippen LogP contribution < -0.4 is 10.2 Å². The Hall–Kier alpha value is -4.37. The smallest absolute Gasteiger partial charge is 0.416 e. The van der Waals surface area contributed by atoms with Gasteiger partial charge in [0.25, 0.3) is 0 Å². The summed E-state index contributed by atoms with van der Waals surface area (Å²) in [7, 11) is 0. The minimum atomic E-state index is -0.711. The Balaban J connectivity index is 1.05. The summed E-state index contributed by atoms with van der Waals surface area (Å²) in [6, 6.07) is 10.5. The number of ether oxygens (including phenoxy) is 1. The molecule has 1 aromatic carbocycles. The number of hydrogen-bond donors (Lipinski definition) is 1. The van der Waals surface area contributed by atoms with Crippen LogP contribution in [0, 0.1) is 29.0 Å². The molecular formula is C27H25FN8O3. The van der Waals surface area contributed by atoms with Crippen molar-refractivity contribution in [1.29, 1.82) is 5.26 Å². The topological polar surface area (TPSA) is 129 Å². The van der Waals surface area contributed by atoms with Gasteiger partial charge in [0.2, 0.25) is 12.1 Å². The van der Waals surface area contributed by atoms with Crippen LogP contribution in [0.1, 0.15) is 24.8 Å². The maximum Gasteiger partial charge on any atom is 0.416 e. The second-order valence-electron chi connectivity index (χ2n) is 10.5. The van der Waals surface area contributed by atoms with Gasteiger partial charge in [-0.05, 0) is 43.7 Å². The Kier molecular flexibility index (Phi) is 5.38. The number of fused-ring (bicyclic) bond motifs is 1. The summed E-state index contributed by atoms with van der Waals surface area (Å²) >= 11 is 0. The molecule has 39 heavy (non-hydrogen) atoms. The van der Waals surface area contributed by atoms with Crippen LogP contribution in [0.5, 0.6) is 0 Å². The van der Waals surface area contributed by atoms with Gasteiger partial charge in [-0.15, -0.1) is 5.10 Å². The molecule has 2 amide bonds.